The number of nitrogens with zero attached hydrogens (tertiary/aromatic N) is 2. The largest absolute Gasteiger partial charge is 0.501 e. The molecule has 0 saturated heterocycles. The van der Waals surface area contributed by atoms with Gasteiger partial charge in [-0.1, -0.05) is 123 Å². The summed E-state index contributed by atoms with van der Waals surface area (Å²) in [6, 6.07) is 36.6. The molecule has 0 N–H and O–H groups in total. The van der Waals surface area contributed by atoms with Crippen LogP contribution < -0.4 is 5.19 Å². The molecule has 0 unspecified atom stereocenters. The van der Waals surface area contributed by atoms with Crippen molar-refractivity contribution in [2.45, 2.75) is 46.2 Å². The van der Waals surface area contributed by atoms with Crippen molar-refractivity contribution in [1.82, 2.24) is 9.97 Å². The predicted molar refractivity (Wildman–Crippen MR) is 191 cm³/mol. The van der Waals surface area contributed by atoms with Crippen LogP contribution in [-0.4, -0.2) is 18.0 Å². The number of rotatable bonds is 5. The van der Waals surface area contributed by atoms with Gasteiger partial charge in [0.05, 0.1) is 13.7 Å². The van der Waals surface area contributed by atoms with Crippen LogP contribution in [0.2, 0.25) is 19.6 Å². The molecule has 7 aromatic rings. The van der Waals surface area contributed by atoms with E-state index in [0.29, 0.717) is 5.69 Å². The van der Waals surface area contributed by atoms with Crippen LogP contribution in [0.4, 0.5) is 4.39 Å². The Balaban J connectivity index is 0.000000194. The summed E-state index contributed by atoms with van der Waals surface area (Å²) >= 11 is 0. The van der Waals surface area contributed by atoms with Crippen LogP contribution >= 0.6 is 0 Å². The van der Waals surface area contributed by atoms with Crippen molar-refractivity contribution in [1.29, 1.82) is 0 Å². The van der Waals surface area contributed by atoms with E-state index in [1.165, 1.54) is 11.6 Å². The zero-order valence-electron chi connectivity index (χ0n) is 30.9. The molecule has 0 aliphatic carbocycles. The molecule has 0 aliphatic heterocycles. The first kappa shape index (κ1) is 29.0. The fourth-order valence-corrected chi connectivity index (χ4v) is 7.11. The van der Waals surface area contributed by atoms with E-state index in [-0.39, 0.29) is 31.2 Å². The summed E-state index contributed by atoms with van der Waals surface area (Å²) in [5.74, 6) is -1.52. The van der Waals surface area contributed by atoms with Gasteiger partial charge in [-0.2, -0.15) is 0 Å². The van der Waals surface area contributed by atoms with Gasteiger partial charge in [0, 0.05) is 49.2 Å². The Morgan fingerprint density at radius 2 is 1.57 bits per heavy atom. The molecule has 6 heteroatoms. The summed E-state index contributed by atoms with van der Waals surface area (Å²) in [5.41, 5.74) is 7.01. The van der Waals surface area contributed by atoms with Crippen molar-refractivity contribution < 1.29 is 34.4 Å². The van der Waals surface area contributed by atoms with Gasteiger partial charge in [0.15, 0.2) is 0 Å². The smallest absolute Gasteiger partial charge is 0.120 e. The third-order valence-corrected chi connectivity index (χ3v) is 9.88. The fraction of sp³-hybridized carbons (Fsp3) is 0.171. The van der Waals surface area contributed by atoms with Crippen LogP contribution in [-0.2, 0) is 20.1 Å². The van der Waals surface area contributed by atoms with Gasteiger partial charge in [-0.15, -0.1) is 42.0 Å². The molecule has 3 heterocycles. The minimum absolute atomic E-state index is 0. The molecular weight excluding hydrogens is 776 g/mol. The van der Waals surface area contributed by atoms with Gasteiger partial charge in [-0.3, -0.25) is 4.39 Å². The molecule has 4 aromatic carbocycles. The van der Waals surface area contributed by atoms with E-state index in [4.69, 9.17) is 9.90 Å². The number of para-hydroxylation sites is 1. The monoisotopic (exact) mass is 817 g/mol. The standard InChI is InChI=1S/C23H14NO.C18H23FNSi.Ir/c1-2-7-16(8-3-1)17-13-14-24-21(15-17)20-11-6-10-19-18-9-4-5-12-22(18)25-23(19)20;1-12(2)15-10-17(20-11-18(15)21(4,5)6)14-8-7-13(3)9-16(14)19;/h1-10,12-15H;7,9-12H,1-6H3;/q2*-1;/i;3D3,12D;. The summed E-state index contributed by atoms with van der Waals surface area (Å²) in [4.78, 5) is 8.95. The van der Waals surface area contributed by atoms with Gasteiger partial charge in [0.25, 0.3) is 0 Å². The summed E-state index contributed by atoms with van der Waals surface area (Å²) in [6.45, 7) is 7.75. The second-order valence-corrected chi connectivity index (χ2v) is 17.5. The van der Waals surface area contributed by atoms with E-state index in [1.807, 2.05) is 60.8 Å². The molecule has 0 fully saturated rings. The van der Waals surface area contributed by atoms with Gasteiger partial charge in [-0.25, -0.2) is 0 Å². The van der Waals surface area contributed by atoms with Crippen molar-refractivity contribution in [2.75, 3.05) is 0 Å². The predicted octanol–water partition coefficient (Wildman–Crippen LogP) is 10.8. The molecule has 0 atom stereocenters. The first-order valence-electron chi connectivity index (χ1n) is 17.2. The van der Waals surface area contributed by atoms with Crippen LogP contribution in [0.1, 0.15) is 36.4 Å². The number of hydrogen-bond donors (Lipinski definition) is 0. The summed E-state index contributed by atoms with van der Waals surface area (Å²) < 4.78 is 51.1. The number of fused-ring (bicyclic) bond motifs is 3. The SMILES string of the molecule is [2H]C([2H])([2H])c1c[c-]c(-c2cc(C([2H])(C)C)c([Si](C)(C)C)cn2)c(F)c1.[Ir].[c-]1ccc2c(oc3ccccc32)c1-c1cc(-c2ccccc2)ccn1. The first-order chi connectivity index (χ1) is 23.6. The van der Waals surface area contributed by atoms with Gasteiger partial charge in [0.1, 0.15) is 5.58 Å². The van der Waals surface area contributed by atoms with Crippen LogP contribution in [0.3, 0.4) is 0 Å². The van der Waals surface area contributed by atoms with Crippen LogP contribution in [0, 0.1) is 24.8 Å². The van der Waals surface area contributed by atoms with Crippen LogP contribution in [0.15, 0.2) is 114 Å². The minimum Gasteiger partial charge on any atom is -0.501 e. The molecule has 0 amide bonds. The summed E-state index contributed by atoms with van der Waals surface area (Å²) in [7, 11) is -1.72. The molecule has 239 valence electrons. The number of pyridine rings is 2. The maximum Gasteiger partial charge on any atom is 0.120 e. The van der Waals surface area contributed by atoms with Crippen LogP contribution in [0.25, 0.3) is 55.6 Å². The normalized spacial score (nSPS) is 13.1. The van der Waals surface area contributed by atoms with E-state index in [0.717, 1.165) is 55.6 Å². The Bertz CT molecular complexity index is 2310. The summed E-state index contributed by atoms with van der Waals surface area (Å²) in [6.07, 6.45) is 3.57. The van der Waals surface area contributed by atoms with E-state index in [1.54, 1.807) is 26.1 Å². The summed E-state index contributed by atoms with van der Waals surface area (Å²) in [5, 5.41) is 3.28. The zero-order valence-corrected chi connectivity index (χ0v) is 30.3. The molecule has 47 heavy (non-hydrogen) atoms. The molecule has 0 spiro atoms. The molecule has 1 radical (unpaired) electrons. The third-order valence-electron chi connectivity index (χ3n) is 7.86. The van der Waals surface area contributed by atoms with E-state index in [2.05, 4.69) is 66.0 Å². The molecule has 3 aromatic heterocycles. The number of aryl methyl sites for hydroxylation is 1. The maximum absolute atomic E-state index is 14.5. The Hall–Kier alpha value is -4.22. The van der Waals surface area contributed by atoms with Gasteiger partial charge in [0.2, 0.25) is 0 Å². The molecule has 0 aliphatic rings. The van der Waals surface area contributed by atoms with Crippen molar-refractivity contribution in [3.05, 3.63) is 139 Å². The van der Waals surface area contributed by atoms with E-state index in [9.17, 15) is 4.39 Å². The van der Waals surface area contributed by atoms with E-state index >= 15 is 0 Å². The maximum atomic E-state index is 14.5. The Morgan fingerprint density at radius 1 is 0.830 bits per heavy atom. The fourth-order valence-electron chi connectivity index (χ4n) is 5.53. The number of halogens is 1. The van der Waals surface area contributed by atoms with Crippen molar-refractivity contribution >= 4 is 35.2 Å². The number of hydrogen-bond acceptors (Lipinski definition) is 3. The number of furan rings is 1. The average Bonchev–Trinajstić information content (AvgIpc) is 3.47. The van der Waals surface area contributed by atoms with Gasteiger partial charge < -0.3 is 14.4 Å². The van der Waals surface area contributed by atoms with Crippen molar-refractivity contribution in [3.63, 3.8) is 0 Å². The molecule has 0 bridgehead atoms. The van der Waals surface area contributed by atoms with E-state index < -0.39 is 26.6 Å². The Morgan fingerprint density at radius 3 is 2.30 bits per heavy atom. The van der Waals surface area contributed by atoms with Crippen molar-refractivity contribution in [2.24, 2.45) is 0 Å². The first-order valence-corrected chi connectivity index (χ1v) is 18.7. The third kappa shape index (κ3) is 7.36. The molecule has 3 nitrogen and oxygen atoms in total. The molecular formula is C41H37FIrN2OSi-2. The Kier molecular flexibility index (Phi) is 8.79. The van der Waals surface area contributed by atoms with Crippen LogP contribution in [0.5, 0.6) is 0 Å². The quantitative estimate of drug-likeness (QED) is 0.128. The number of aromatic nitrogens is 2. The second kappa shape index (κ2) is 14.3. The number of benzene rings is 4. The molecule has 0 saturated carbocycles. The van der Waals surface area contributed by atoms with Crippen molar-refractivity contribution in [3.8, 4) is 33.6 Å². The average molecular weight is 817 g/mol. The Labute approximate surface area is 296 Å². The second-order valence-electron chi connectivity index (χ2n) is 12.5. The van der Waals surface area contributed by atoms with Gasteiger partial charge in [-0.05, 0) is 45.7 Å². The molecule has 7 rings (SSSR count). The zero-order chi connectivity index (χ0) is 35.8. The minimum atomic E-state index is -2.38. The topological polar surface area (TPSA) is 38.9 Å². The van der Waals surface area contributed by atoms with Gasteiger partial charge >= 0.3 is 0 Å².